The first-order valence-corrected chi connectivity index (χ1v) is 16.1. The van der Waals surface area contributed by atoms with E-state index in [-0.39, 0.29) is 22.9 Å². The van der Waals surface area contributed by atoms with Gasteiger partial charge in [0.25, 0.3) is 0 Å². The molecule has 0 saturated carbocycles. The van der Waals surface area contributed by atoms with Crippen molar-refractivity contribution >= 4 is 25.2 Å². The molecule has 9 heteroatoms. The quantitative estimate of drug-likeness (QED) is 0.320. The highest BCUT2D eigenvalue weighted by Crippen LogP contribution is 2.38. The van der Waals surface area contributed by atoms with Crippen molar-refractivity contribution in [3.8, 4) is 17.2 Å². The van der Waals surface area contributed by atoms with Crippen molar-refractivity contribution in [1.82, 2.24) is 19.4 Å². The maximum atomic E-state index is 14.0. The zero-order chi connectivity index (χ0) is 27.1. The van der Waals surface area contributed by atoms with Gasteiger partial charge in [0, 0.05) is 19.3 Å². The molecule has 3 heterocycles. The molecule has 0 unspecified atom stereocenters. The van der Waals surface area contributed by atoms with Crippen LogP contribution in [0.25, 0.3) is 16.7 Å². The van der Waals surface area contributed by atoms with Crippen LogP contribution in [-0.4, -0.2) is 41.6 Å². The number of piperidine rings is 1. The molecule has 1 saturated heterocycles. The molecule has 2 atom stereocenters. The van der Waals surface area contributed by atoms with Crippen molar-refractivity contribution < 1.29 is 9.16 Å². The number of pyridine rings is 1. The van der Waals surface area contributed by atoms with Crippen LogP contribution in [0.5, 0.6) is 11.5 Å². The summed E-state index contributed by atoms with van der Waals surface area (Å²) in [6.45, 7) is 12.7. The van der Waals surface area contributed by atoms with E-state index in [1.807, 2.05) is 65.2 Å². The van der Waals surface area contributed by atoms with Gasteiger partial charge >= 0.3 is 5.69 Å². The van der Waals surface area contributed by atoms with E-state index in [0.717, 1.165) is 24.2 Å². The topological polar surface area (TPSA) is 96.3 Å². The van der Waals surface area contributed by atoms with Crippen LogP contribution in [0.1, 0.15) is 33.2 Å². The third kappa shape index (κ3) is 5.01. The van der Waals surface area contributed by atoms with Gasteiger partial charge in [0.15, 0.2) is 8.32 Å². The molecule has 1 aliphatic heterocycles. The summed E-state index contributed by atoms with van der Waals surface area (Å²) in [5.41, 5.74) is 8.30. The average molecular weight is 532 g/mol. The maximum Gasteiger partial charge on any atom is 0.334 e. The van der Waals surface area contributed by atoms with Gasteiger partial charge in [-0.25, -0.2) is 9.78 Å². The van der Waals surface area contributed by atoms with Crippen LogP contribution in [0.3, 0.4) is 0 Å². The van der Waals surface area contributed by atoms with Crippen molar-refractivity contribution in [3.63, 3.8) is 0 Å². The van der Waals surface area contributed by atoms with Crippen molar-refractivity contribution in [1.29, 1.82) is 0 Å². The number of nitrogens with two attached hydrogens (primary N) is 1. The highest BCUT2D eigenvalue weighted by atomic mass is 28.4. The number of hydrogen-bond acceptors (Lipinski definition) is 6. The Bertz CT molecular complexity index is 1470. The molecule has 0 aliphatic carbocycles. The minimum Gasteiger partial charge on any atom is -0.457 e. The SMILES string of the molecule is CC(C)(C)[Si](C)(C)O[C@H]1CNC[C@@H](n2c(=O)n(-c3ccc(Oc4ccccc4)cc3)c3c(N)nccc32)C1. The number of para-hydroxylation sites is 1. The molecule has 0 spiro atoms. The normalized spacial score (nSPS) is 18.6. The number of ether oxygens (including phenoxy) is 1. The Hall–Kier alpha value is -3.40. The maximum absolute atomic E-state index is 14.0. The molecule has 0 amide bonds. The first-order chi connectivity index (χ1) is 18.0. The fourth-order valence-corrected chi connectivity index (χ4v) is 6.20. The molecule has 2 aromatic carbocycles. The Kier molecular flexibility index (Phi) is 6.93. The molecule has 1 fully saturated rings. The van der Waals surface area contributed by atoms with Gasteiger partial charge in [0.05, 0.1) is 23.3 Å². The largest absolute Gasteiger partial charge is 0.457 e. The smallest absolute Gasteiger partial charge is 0.334 e. The number of rotatable bonds is 6. The molecular formula is C29H37N5O3Si. The number of fused-ring (bicyclic) bond motifs is 1. The van der Waals surface area contributed by atoms with Gasteiger partial charge in [-0.15, -0.1) is 0 Å². The Morgan fingerprint density at radius 1 is 1.00 bits per heavy atom. The summed E-state index contributed by atoms with van der Waals surface area (Å²) in [4.78, 5) is 18.3. The van der Waals surface area contributed by atoms with E-state index < -0.39 is 8.32 Å². The number of anilines is 1. The summed E-state index contributed by atoms with van der Waals surface area (Å²) in [5.74, 6) is 1.76. The minimum absolute atomic E-state index is 0.0357. The molecule has 200 valence electrons. The number of hydrogen-bond donors (Lipinski definition) is 2. The number of aromatic nitrogens is 3. The van der Waals surface area contributed by atoms with Gasteiger partial charge in [-0.2, -0.15) is 0 Å². The molecule has 38 heavy (non-hydrogen) atoms. The Labute approximate surface area is 224 Å². The number of imidazole rings is 1. The fraction of sp³-hybridized carbons (Fsp3) is 0.379. The number of nitrogens with zero attached hydrogens (tertiary/aromatic N) is 3. The lowest BCUT2D eigenvalue weighted by molar-refractivity contribution is 0.124. The van der Waals surface area contributed by atoms with Gasteiger partial charge in [-0.1, -0.05) is 39.0 Å². The second-order valence-electron chi connectivity index (χ2n) is 11.5. The van der Waals surface area contributed by atoms with Crippen molar-refractivity contribution in [3.05, 3.63) is 77.3 Å². The van der Waals surface area contributed by atoms with Gasteiger partial charge < -0.3 is 20.2 Å². The molecule has 0 bridgehead atoms. The molecule has 5 rings (SSSR count). The summed E-state index contributed by atoms with van der Waals surface area (Å²) in [5, 5.41) is 3.62. The minimum atomic E-state index is -1.95. The zero-order valence-corrected chi connectivity index (χ0v) is 23.8. The summed E-state index contributed by atoms with van der Waals surface area (Å²) in [6.07, 6.45) is 2.45. The summed E-state index contributed by atoms with van der Waals surface area (Å²) in [7, 11) is -1.95. The lowest BCUT2D eigenvalue weighted by Crippen LogP contribution is -2.50. The van der Waals surface area contributed by atoms with E-state index in [9.17, 15) is 4.79 Å². The first-order valence-electron chi connectivity index (χ1n) is 13.1. The predicted molar refractivity (Wildman–Crippen MR) is 155 cm³/mol. The second-order valence-corrected chi connectivity index (χ2v) is 16.3. The second kappa shape index (κ2) is 10.1. The third-order valence-corrected chi connectivity index (χ3v) is 12.3. The molecule has 0 radical (unpaired) electrons. The molecule has 4 aromatic rings. The summed E-state index contributed by atoms with van der Waals surface area (Å²) < 4.78 is 16.2. The van der Waals surface area contributed by atoms with Crippen LogP contribution in [0.15, 0.2) is 71.7 Å². The third-order valence-electron chi connectivity index (χ3n) is 7.81. The van der Waals surface area contributed by atoms with E-state index in [1.165, 1.54) is 0 Å². The van der Waals surface area contributed by atoms with E-state index >= 15 is 0 Å². The van der Waals surface area contributed by atoms with Crippen molar-refractivity contribution in [2.24, 2.45) is 0 Å². The van der Waals surface area contributed by atoms with Gasteiger partial charge in [0.1, 0.15) is 22.8 Å². The van der Waals surface area contributed by atoms with Crippen molar-refractivity contribution in [2.45, 2.75) is 57.5 Å². The van der Waals surface area contributed by atoms with Crippen LogP contribution >= 0.6 is 0 Å². The highest BCUT2D eigenvalue weighted by Gasteiger charge is 2.40. The van der Waals surface area contributed by atoms with E-state index in [0.29, 0.717) is 29.3 Å². The van der Waals surface area contributed by atoms with E-state index in [2.05, 4.69) is 44.2 Å². The average Bonchev–Trinajstić information content (AvgIpc) is 3.17. The van der Waals surface area contributed by atoms with Crippen LogP contribution in [0.2, 0.25) is 18.1 Å². The lowest BCUT2D eigenvalue weighted by Gasteiger charge is -2.41. The fourth-order valence-electron chi connectivity index (χ4n) is 4.83. The van der Waals surface area contributed by atoms with Crippen LogP contribution in [0.4, 0.5) is 5.82 Å². The van der Waals surface area contributed by atoms with Crippen LogP contribution in [0, 0.1) is 0 Å². The standard InChI is InChI=1S/C29H37N5O3Si/c1-29(2,3)38(4,5)37-24-17-21(18-31-19-24)33-25-15-16-32-27(30)26(25)34(28(33)35)20-11-13-23(14-12-20)36-22-9-7-6-8-10-22/h6-16,21,24,31H,17-19H2,1-5H3,(H2,30,32)/t21-,24+/m0/s1. The highest BCUT2D eigenvalue weighted by molar-refractivity contribution is 6.74. The number of nitrogens with one attached hydrogen (secondary N) is 1. The molecule has 2 aromatic heterocycles. The van der Waals surface area contributed by atoms with E-state index in [1.54, 1.807) is 10.8 Å². The van der Waals surface area contributed by atoms with E-state index in [4.69, 9.17) is 14.9 Å². The molecule has 8 nitrogen and oxygen atoms in total. The van der Waals surface area contributed by atoms with Crippen LogP contribution < -0.4 is 21.5 Å². The summed E-state index contributed by atoms with van der Waals surface area (Å²) in [6, 6.07) is 18.9. The zero-order valence-electron chi connectivity index (χ0n) is 22.8. The lowest BCUT2D eigenvalue weighted by atomic mass is 10.0. The summed E-state index contributed by atoms with van der Waals surface area (Å²) >= 11 is 0. The first kappa shape index (κ1) is 26.2. The molecular weight excluding hydrogens is 494 g/mol. The monoisotopic (exact) mass is 531 g/mol. The van der Waals surface area contributed by atoms with Gasteiger partial charge in [-0.05, 0) is 67.0 Å². The van der Waals surface area contributed by atoms with Gasteiger partial charge in [0.2, 0.25) is 0 Å². The van der Waals surface area contributed by atoms with Gasteiger partial charge in [-0.3, -0.25) is 9.13 Å². The number of nitrogen functional groups attached to an aromatic ring is 1. The Morgan fingerprint density at radius 2 is 1.68 bits per heavy atom. The molecule has 3 N–H and O–H groups in total. The Morgan fingerprint density at radius 3 is 2.37 bits per heavy atom. The van der Waals surface area contributed by atoms with Crippen LogP contribution in [-0.2, 0) is 4.43 Å². The predicted octanol–water partition coefficient (Wildman–Crippen LogP) is 5.49. The molecule has 1 aliphatic rings. The van der Waals surface area contributed by atoms with Crippen molar-refractivity contribution in [2.75, 3.05) is 18.8 Å². The number of benzene rings is 2. The Balaban J connectivity index is 1.49.